The van der Waals surface area contributed by atoms with E-state index < -0.39 is 10.0 Å². The number of aromatic nitrogens is 2. The number of methoxy groups -OCH3 is 1. The van der Waals surface area contributed by atoms with Gasteiger partial charge in [-0.25, -0.2) is 13.4 Å². The summed E-state index contributed by atoms with van der Waals surface area (Å²) in [7, 11) is -2.09. The third-order valence-electron chi connectivity index (χ3n) is 6.83. The fraction of sp³-hybridized carbons (Fsp3) is 0.323. The molecule has 0 unspecified atom stereocenters. The van der Waals surface area contributed by atoms with Crippen LogP contribution in [0.25, 0.3) is 10.9 Å². The summed E-state index contributed by atoms with van der Waals surface area (Å²) in [4.78, 5) is 21.5. The van der Waals surface area contributed by atoms with Crippen molar-refractivity contribution in [3.8, 4) is 5.88 Å². The number of aldehydes is 1. The number of fused-ring (bicyclic) bond motifs is 1. The molecule has 2 fully saturated rings. The Balaban J connectivity index is 0.000000209. The van der Waals surface area contributed by atoms with Gasteiger partial charge in [-0.1, -0.05) is 49.9 Å². The van der Waals surface area contributed by atoms with Crippen LogP contribution in [-0.4, -0.2) is 62.9 Å². The molecule has 218 valence electrons. The molecule has 41 heavy (non-hydrogen) atoms. The molecule has 1 saturated heterocycles. The molecule has 4 aromatic rings. The van der Waals surface area contributed by atoms with Crippen molar-refractivity contribution < 1.29 is 19.4 Å². The van der Waals surface area contributed by atoms with Gasteiger partial charge >= 0.3 is 0 Å². The minimum atomic E-state index is -3.76. The fourth-order valence-corrected chi connectivity index (χ4v) is 5.46. The zero-order valence-corrected chi connectivity index (χ0v) is 24.1. The Morgan fingerprint density at radius 1 is 0.927 bits per heavy atom. The van der Waals surface area contributed by atoms with Crippen LogP contribution in [0.4, 0.5) is 5.69 Å². The molecule has 1 aliphatic carbocycles. The molecule has 2 aromatic heterocycles. The topological polar surface area (TPSA) is 114 Å². The number of pyridine rings is 2. The maximum Gasteiger partial charge on any atom is 0.264 e. The Labute approximate surface area is 243 Å². The number of anilines is 1. The van der Waals surface area contributed by atoms with Gasteiger partial charge in [0.05, 0.1) is 12.6 Å². The number of benzene rings is 2. The van der Waals surface area contributed by atoms with Gasteiger partial charge in [0.25, 0.3) is 10.0 Å². The van der Waals surface area contributed by atoms with E-state index >= 15 is 0 Å². The van der Waals surface area contributed by atoms with Crippen LogP contribution in [0.15, 0.2) is 84.0 Å². The first-order valence-electron chi connectivity index (χ1n) is 13.8. The summed E-state index contributed by atoms with van der Waals surface area (Å²) >= 11 is 0. The van der Waals surface area contributed by atoms with E-state index in [0.29, 0.717) is 23.1 Å². The average molecular weight is 578 g/mol. The summed E-state index contributed by atoms with van der Waals surface area (Å²) in [5.41, 5.74) is 2.46. The molecule has 1 aliphatic heterocycles. The Morgan fingerprint density at radius 3 is 2.24 bits per heavy atom. The van der Waals surface area contributed by atoms with Crippen LogP contribution in [0.5, 0.6) is 5.88 Å². The third-order valence-corrected chi connectivity index (χ3v) is 8.24. The molecule has 0 radical (unpaired) electrons. The van der Waals surface area contributed by atoms with E-state index in [0.717, 1.165) is 44.0 Å². The van der Waals surface area contributed by atoms with Crippen LogP contribution in [0.2, 0.25) is 0 Å². The minimum absolute atomic E-state index is 0. The Bertz CT molecular complexity index is 1500. The molecular weight excluding hydrogens is 538 g/mol. The lowest BCUT2D eigenvalue weighted by Gasteiger charge is -2.27. The normalized spacial score (nSPS) is 14.9. The molecule has 2 N–H and O–H groups in total. The van der Waals surface area contributed by atoms with Gasteiger partial charge in [0.15, 0.2) is 0 Å². The second-order valence-electron chi connectivity index (χ2n) is 9.79. The number of para-hydroxylation sites is 1. The standard InChI is InChI=1S/C16H12N2O3S.C11H17N3O.C4H8.H2/c19-11-12-6-8-14(9-7-12)18-22(20,21)15-5-1-3-13-4-2-10-17-16(13)15;1-15-11-10(3-2-4-13-11)9-14-7-5-12-6-8-14;1-2-4-3-1;/h1-11,18H;2-4,12H,5-9H2,1H3;1-4H2;1H. The second kappa shape index (κ2) is 15.2. The highest BCUT2D eigenvalue weighted by Gasteiger charge is 2.18. The van der Waals surface area contributed by atoms with Crippen molar-refractivity contribution in [3.05, 3.63) is 90.3 Å². The highest BCUT2D eigenvalue weighted by Crippen LogP contribution is 2.23. The first-order valence-corrected chi connectivity index (χ1v) is 15.3. The molecule has 0 spiro atoms. The summed E-state index contributed by atoms with van der Waals surface area (Å²) in [5.74, 6) is 0.746. The molecule has 6 rings (SSSR count). The van der Waals surface area contributed by atoms with Crippen molar-refractivity contribution in [1.29, 1.82) is 0 Å². The van der Waals surface area contributed by atoms with E-state index in [1.807, 2.05) is 6.07 Å². The number of sulfonamides is 1. The van der Waals surface area contributed by atoms with Gasteiger partial charge in [0.1, 0.15) is 11.2 Å². The van der Waals surface area contributed by atoms with E-state index in [1.165, 1.54) is 37.3 Å². The van der Waals surface area contributed by atoms with Crippen molar-refractivity contribution in [2.45, 2.75) is 37.1 Å². The SMILES string of the molecule is C1CCC1.COc1ncccc1CN1CCNCC1.O=Cc1ccc(NS(=O)(=O)c2cccc3cccnc23)cc1.[HH]. The summed E-state index contributed by atoms with van der Waals surface area (Å²) in [6.07, 6.45) is 10.0. The van der Waals surface area contributed by atoms with Crippen molar-refractivity contribution >= 4 is 32.9 Å². The maximum atomic E-state index is 12.5. The Morgan fingerprint density at radius 2 is 1.59 bits per heavy atom. The highest BCUT2D eigenvalue weighted by molar-refractivity contribution is 7.93. The summed E-state index contributed by atoms with van der Waals surface area (Å²) in [6.45, 7) is 5.26. The number of piperazine rings is 1. The lowest BCUT2D eigenvalue weighted by Crippen LogP contribution is -2.42. The number of carbonyl (C=O) groups excluding carboxylic acids is 1. The predicted molar refractivity (Wildman–Crippen MR) is 164 cm³/mol. The Hall–Kier alpha value is -3.86. The van der Waals surface area contributed by atoms with Crippen LogP contribution in [0.1, 0.15) is 43.0 Å². The first-order chi connectivity index (χ1) is 20.0. The number of nitrogens with zero attached hydrogens (tertiary/aromatic N) is 3. The van der Waals surface area contributed by atoms with E-state index in [9.17, 15) is 13.2 Å². The van der Waals surface area contributed by atoms with Gasteiger partial charge in [-0.15, -0.1) is 0 Å². The van der Waals surface area contributed by atoms with Crippen LogP contribution < -0.4 is 14.8 Å². The number of rotatable bonds is 7. The van der Waals surface area contributed by atoms with Gasteiger partial charge in [0, 0.05) is 68.7 Å². The van der Waals surface area contributed by atoms with Crippen LogP contribution in [-0.2, 0) is 16.6 Å². The van der Waals surface area contributed by atoms with Crippen molar-refractivity contribution in [2.75, 3.05) is 38.0 Å². The maximum absolute atomic E-state index is 12.5. The number of hydrogen-bond acceptors (Lipinski definition) is 8. The average Bonchev–Trinajstić information content (AvgIpc) is 2.97. The van der Waals surface area contributed by atoms with Crippen molar-refractivity contribution in [2.24, 2.45) is 0 Å². The molecule has 10 heteroatoms. The number of ether oxygens (including phenoxy) is 1. The van der Waals surface area contributed by atoms with E-state index in [1.54, 1.807) is 68.0 Å². The van der Waals surface area contributed by atoms with E-state index in [-0.39, 0.29) is 6.32 Å². The van der Waals surface area contributed by atoms with Crippen molar-refractivity contribution in [1.82, 2.24) is 20.2 Å². The number of nitrogens with one attached hydrogen (secondary N) is 2. The lowest BCUT2D eigenvalue weighted by molar-refractivity contribution is 0.112. The number of hydrogen-bond donors (Lipinski definition) is 2. The summed E-state index contributed by atoms with van der Waals surface area (Å²) in [6, 6.07) is 18.8. The lowest BCUT2D eigenvalue weighted by atomic mass is 10.0. The summed E-state index contributed by atoms with van der Waals surface area (Å²) < 4.78 is 32.8. The van der Waals surface area contributed by atoms with Gasteiger partial charge in [-0.05, 0) is 42.5 Å². The van der Waals surface area contributed by atoms with Gasteiger partial charge in [-0.3, -0.25) is 19.4 Å². The van der Waals surface area contributed by atoms with Crippen LogP contribution in [0.3, 0.4) is 0 Å². The molecule has 0 atom stereocenters. The molecule has 3 heterocycles. The summed E-state index contributed by atoms with van der Waals surface area (Å²) in [5, 5.41) is 4.09. The van der Waals surface area contributed by atoms with Gasteiger partial charge < -0.3 is 10.1 Å². The monoisotopic (exact) mass is 577 g/mol. The van der Waals surface area contributed by atoms with E-state index in [2.05, 4.69) is 31.0 Å². The molecule has 0 bridgehead atoms. The highest BCUT2D eigenvalue weighted by atomic mass is 32.2. The van der Waals surface area contributed by atoms with Gasteiger partial charge in [0.2, 0.25) is 5.88 Å². The molecule has 2 aliphatic rings. The van der Waals surface area contributed by atoms with Crippen LogP contribution in [0, 0.1) is 0 Å². The predicted octanol–water partition coefficient (Wildman–Crippen LogP) is 5.15. The first kappa shape index (κ1) is 30.1. The molecule has 1 saturated carbocycles. The molecule has 9 nitrogen and oxygen atoms in total. The molecular formula is C31H39N5O4S. The third kappa shape index (κ3) is 8.81. The zero-order valence-electron chi connectivity index (χ0n) is 23.3. The second-order valence-corrected chi connectivity index (χ2v) is 11.4. The molecule has 2 aromatic carbocycles. The van der Waals surface area contributed by atoms with E-state index in [4.69, 9.17) is 4.74 Å². The van der Waals surface area contributed by atoms with Crippen LogP contribution >= 0.6 is 0 Å². The molecule has 0 amide bonds. The zero-order chi connectivity index (χ0) is 28.9. The van der Waals surface area contributed by atoms with Crippen molar-refractivity contribution in [3.63, 3.8) is 0 Å². The smallest absolute Gasteiger partial charge is 0.264 e. The minimum Gasteiger partial charge on any atom is -0.481 e. The fourth-order valence-electron chi connectivity index (χ4n) is 4.22. The number of carbonyl (C=O) groups is 1. The quantitative estimate of drug-likeness (QED) is 0.290. The largest absolute Gasteiger partial charge is 0.481 e. The van der Waals surface area contributed by atoms with Gasteiger partial charge in [-0.2, -0.15) is 0 Å². The Kier molecular flexibility index (Phi) is 11.2.